The van der Waals surface area contributed by atoms with Crippen molar-refractivity contribution >= 4 is 56.6 Å². The van der Waals surface area contributed by atoms with Gasteiger partial charge < -0.3 is 11.1 Å². The standard InChI is InChI=1S/C15H14BrClN2OS/c1-9-2-5-14(12(18)6-9)21-8-15(20)19-13-4-3-10(16)7-11(13)17/h2-7H,8,18H2,1H3,(H,19,20). The lowest BCUT2D eigenvalue weighted by atomic mass is 10.2. The van der Waals surface area contributed by atoms with Crippen molar-refractivity contribution in [2.45, 2.75) is 11.8 Å². The molecule has 2 aromatic carbocycles. The molecule has 0 spiro atoms. The SMILES string of the molecule is Cc1ccc(SCC(=O)Nc2ccc(Br)cc2Cl)c(N)c1. The van der Waals surface area contributed by atoms with Gasteiger partial charge in [0.1, 0.15) is 0 Å². The number of thioether (sulfide) groups is 1. The van der Waals surface area contributed by atoms with Crippen molar-refractivity contribution < 1.29 is 4.79 Å². The van der Waals surface area contributed by atoms with Gasteiger partial charge in [0.15, 0.2) is 0 Å². The van der Waals surface area contributed by atoms with Crippen LogP contribution < -0.4 is 11.1 Å². The molecule has 1 amide bonds. The van der Waals surface area contributed by atoms with Gasteiger partial charge >= 0.3 is 0 Å². The zero-order valence-corrected chi connectivity index (χ0v) is 14.5. The second-order valence-corrected chi connectivity index (χ2v) is 6.84. The van der Waals surface area contributed by atoms with Crippen molar-refractivity contribution in [1.82, 2.24) is 0 Å². The number of aryl methyl sites for hydroxylation is 1. The van der Waals surface area contributed by atoms with E-state index in [1.807, 2.05) is 31.2 Å². The monoisotopic (exact) mass is 384 g/mol. The Morgan fingerprint density at radius 2 is 2.10 bits per heavy atom. The van der Waals surface area contributed by atoms with Crippen LogP contribution in [0.2, 0.25) is 5.02 Å². The van der Waals surface area contributed by atoms with E-state index < -0.39 is 0 Å². The highest BCUT2D eigenvalue weighted by molar-refractivity contribution is 9.10. The molecule has 0 saturated carbocycles. The Morgan fingerprint density at radius 3 is 2.76 bits per heavy atom. The minimum Gasteiger partial charge on any atom is -0.398 e. The molecule has 0 aliphatic heterocycles. The number of nitrogens with two attached hydrogens (primary N) is 1. The number of hydrogen-bond acceptors (Lipinski definition) is 3. The van der Waals surface area contributed by atoms with E-state index in [2.05, 4.69) is 21.2 Å². The molecule has 0 radical (unpaired) electrons. The predicted octanol–water partition coefficient (Wildman–Crippen LogP) is 4.72. The number of rotatable bonds is 4. The molecule has 0 aromatic heterocycles. The van der Waals surface area contributed by atoms with Crippen LogP contribution in [0.1, 0.15) is 5.56 Å². The summed E-state index contributed by atoms with van der Waals surface area (Å²) < 4.78 is 0.868. The molecule has 0 aliphatic rings. The highest BCUT2D eigenvalue weighted by Crippen LogP contribution is 2.28. The zero-order chi connectivity index (χ0) is 15.4. The van der Waals surface area contributed by atoms with E-state index in [0.717, 1.165) is 14.9 Å². The molecule has 3 nitrogen and oxygen atoms in total. The minimum absolute atomic E-state index is 0.121. The summed E-state index contributed by atoms with van der Waals surface area (Å²) in [5.41, 5.74) is 8.31. The lowest BCUT2D eigenvalue weighted by molar-refractivity contribution is -0.113. The molecule has 110 valence electrons. The summed E-state index contributed by atoms with van der Waals surface area (Å²) in [6.45, 7) is 1.98. The number of benzene rings is 2. The topological polar surface area (TPSA) is 55.1 Å². The maximum absolute atomic E-state index is 12.0. The van der Waals surface area contributed by atoms with Crippen LogP contribution in [-0.2, 0) is 4.79 Å². The van der Waals surface area contributed by atoms with Gasteiger partial charge in [-0.1, -0.05) is 33.6 Å². The summed E-state index contributed by atoms with van der Waals surface area (Å²) in [6.07, 6.45) is 0. The smallest absolute Gasteiger partial charge is 0.234 e. The lowest BCUT2D eigenvalue weighted by Gasteiger charge is -2.09. The quantitative estimate of drug-likeness (QED) is 0.591. The Hall–Kier alpha value is -1.17. The Labute approximate surface area is 141 Å². The number of hydrogen-bond donors (Lipinski definition) is 2. The molecule has 0 aliphatic carbocycles. The van der Waals surface area contributed by atoms with Crippen molar-refractivity contribution in [1.29, 1.82) is 0 Å². The molecule has 0 saturated heterocycles. The molecule has 3 N–H and O–H groups in total. The van der Waals surface area contributed by atoms with Gasteiger partial charge in [0.2, 0.25) is 5.91 Å². The molecule has 0 fully saturated rings. The van der Waals surface area contributed by atoms with Gasteiger partial charge in [-0.3, -0.25) is 4.79 Å². The molecule has 0 bridgehead atoms. The first kappa shape index (κ1) is 16.2. The number of anilines is 2. The second kappa shape index (κ2) is 7.20. The number of carbonyl (C=O) groups is 1. The Morgan fingerprint density at radius 1 is 1.33 bits per heavy atom. The third-order valence-electron chi connectivity index (χ3n) is 2.73. The van der Waals surface area contributed by atoms with E-state index in [0.29, 0.717) is 16.4 Å². The summed E-state index contributed by atoms with van der Waals surface area (Å²) in [5, 5.41) is 3.28. The van der Waals surface area contributed by atoms with E-state index in [9.17, 15) is 4.79 Å². The third kappa shape index (κ3) is 4.66. The summed E-state index contributed by atoms with van der Waals surface area (Å²) in [7, 11) is 0. The number of nitrogens with one attached hydrogen (secondary N) is 1. The van der Waals surface area contributed by atoms with Gasteiger partial charge in [0, 0.05) is 15.1 Å². The van der Waals surface area contributed by atoms with Crippen molar-refractivity contribution in [3.63, 3.8) is 0 Å². The molecule has 21 heavy (non-hydrogen) atoms. The highest BCUT2D eigenvalue weighted by atomic mass is 79.9. The summed E-state index contributed by atoms with van der Waals surface area (Å²) in [5.74, 6) is 0.156. The van der Waals surface area contributed by atoms with Crippen LogP contribution in [0, 0.1) is 6.92 Å². The van der Waals surface area contributed by atoms with Gasteiger partial charge in [-0.25, -0.2) is 0 Å². The first-order chi connectivity index (χ1) is 9.95. The van der Waals surface area contributed by atoms with Crippen LogP contribution in [0.4, 0.5) is 11.4 Å². The van der Waals surface area contributed by atoms with E-state index in [1.165, 1.54) is 11.8 Å². The number of carbonyl (C=O) groups excluding carboxylic acids is 1. The molecular formula is C15H14BrClN2OS. The predicted molar refractivity (Wildman–Crippen MR) is 94.1 cm³/mol. The normalized spacial score (nSPS) is 10.4. The van der Waals surface area contributed by atoms with Crippen LogP contribution >= 0.6 is 39.3 Å². The van der Waals surface area contributed by atoms with Crippen LogP contribution in [0.5, 0.6) is 0 Å². The van der Waals surface area contributed by atoms with E-state index in [1.54, 1.807) is 12.1 Å². The molecule has 2 aromatic rings. The van der Waals surface area contributed by atoms with Crippen molar-refractivity contribution in [3.05, 3.63) is 51.5 Å². The molecular weight excluding hydrogens is 372 g/mol. The number of nitrogen functional groups attached to an aromatic ring is 1. The van der Waals surface area contributed by atoms with Crippen LogP contribution in [0.25, 0.3) is 0 Å². The molecule has 2 rings (SSSR count). The van der Waals surface area contributed by atoms with Crippen molar-refractivity contribution in [3.8, 4) is 0 Å². The molecule has 6 heteroatoms. The lowest BCUT2D eigenvalue weighted by Crippen LogP contribution is -2.14. The Kier molecular flexibility index (Phi) is 5.56. The largest absolute Gasteiger partial charge is 0.398 e. The van der Waals surface area contributed by atoms with Gasteiger partial charge in [0.25, 0.3) is 0 Å². The second-order valence-electron chi connectivity index (χ2n) is 4.50. The average molecular weight is 386 g/mol. The summed E-state index contributed by atoms with van der Waals surface area (Å²) in [6, 6.07) is 11.1. The van der Waals surface area contributed by atoms with Gasteiger partial charge in [-0.05, 0) is 42.8 Å². The Balaban J connectivity index is 1.96. The van der Waals surface area contributed by atoms with Crippen molar-refractivity contribution in [2.24, 2.45) is 0 Å². The van der Waals surface area contributed by atoms with Crippen LogP contribution in [-0.4, -0.2) is 11.7 Å². The summed E-state index contributed by atoms with van der Waals surface area (Å²) in [4.78, 5) is 12.9. The van der Waals surface area contributed by atoms with Crippen LogP contribution in [0.15, 0.2) is 45.8 Å². The first-order valence-corrected chi connectivity index (χ1v) is 8.35. The number of halogens is 2. The molecule has 0 heterocycles. The van der Waals surface area contributed by atoms with Gasteiger partial charge in [0.05, 0.1) is 16.5 Å². The van der Waals surface area contributed by atoms with E-state index >= 15 is 0 Å². The zero-order valence-electron chi connectivity index (χ0n) is 11.3. The van der Waals surface area contributed by atoms with Gasteiger partial charge in [-0.15, -0.1) is 11.8 Å². The fourth-order valence-electron chi connectivity index (χ4n) is 1.72. The van der Waals surface area contributed by atoms with E-state index in [4.69, 9.17) is 17.3 Å². The minimum atomic E-state index is -0.121. The maximum Gasteiger partial charge on any atom is 0.234 e. The average Bonchev–Trinajstić information content (AvgIpc) is 2.41. The molecule has 0 unspecified atom stereocenters. The maximum atomic E-state index is 12.0. The highest BCUT2D eigenvalue weighted by Gasteiger charge is 2.08. The number of amides is 1. The van der Waals surface area contributed by atoms with E-state index in [-0.39, 0.29) is 11.7 Å². The fraction of sp³-hybridized carbons (Fsp3) is 0.133. The molecule has 0 atom stereocenters. The van der Waals surface area contributed by atoms with Crippen LogP contribution in [0.3, 0.4) is 0 Å². The fourth-order valence-corrected chi connectivity index (χ4v) is 3.19. The Bertz CT molecular complexity index is 679. The first-order valence-electron chi connectivity index (χ1n) is 6.19. The van der Waals surface area contributed by atoms with Crippen molar-refractivity contribution in [2.75, 3.05) is 16.8 Å². The third-order valence-corrected chi connectivity index (χ3v) is 4.62. The van der Waals surface area contributed by atoms with Gasteiger partial charge in [-0.2, -0.15) is 0 Å². The summed E-state index contributed by atoms with van der Waals surface area (Å²) >= 11 is 10.8.